The summed E-state index contributed by atoms with van der Waals surface area (Å²) in [5, 5.41) is 0. The lowest BCUT2D eigenvalue weighted by atomic mass is 10.2. The van der Waals surface area contributed by atoms with Gasteiger partial charge in [0.15, 0.2) is 0 Å². The second kappa shape index (κ2) is 6.56. The average molecular weight is 395 g/mol. The first-order valence-corrected chi connectivity index (χ1v) is 10.3. The van der Waals surface area contributed by atoms with Gasteiger partial charge in [-0.25, -0.2) is 9.97 Å². The fourth-order valence-electron chi connectivity index (χ4n) is 4.61. The zero-order valence-corrected chi connectivity index (χ0v) is 18.4. The Kier molecular flexibility index (Phi) is 4.07. The van der Waals surface area contributed by atoms with E-state index in [0.29, 0.717) is 0 Å². The Morgan fingerprint density at radius 2 is 0.700 bits per heavy atom. The number of rotatable bonds is 0. The third-order valence-electron chi connectivity index (χ3n) is 6.60. The van der Waals surface area contributed by atoms with Gasteiger partial charge in [-0.05, 0) is 98.5 Å². The van der Waals surface area contributed by atoms with Crippen LogP contribution < -0.4 is 0 Å². The molecule has 3 aromatic rings. The molecule has 150 valence electrons. The Labute approximate surface area is 176 Å². The summed E-state index contributed by atoms with van der Waals surface area (Å²) in [5.74, 6) is 0. The van der Waals surface area contributed by atoms with E-state index in [1.165, 1.54) is 44.3 Å². The van der Waals surface area contributed by atoms with E-state index in [4.69, 9.17) is 9.97 Å². The molecule has 4 nitrogen and oxygen atoms in total. The predicted octanol–water partition coefficient (Wildman–Crippen LogP) is 5.91. The molecule has 30 heavy (non-hydrogen) atoms. The van der Waals surface area contributed by atoms with E-state index in [1.807, 2.05) is 0 Å². The largest absolute Gasteiger partial charge is 0.344 e. The van der Waals surface area contributed by atoms with Crippen molar-refractivity contribution in [2.24, 2.45) is 14.1 Å². The molecule has 0 saturated carbocycles. The second-order valence-electron chi connectivity index (χ2n) is 8.26. The van der Waals surface area contributed by atoms with Crippen molar-refractivity contribution in [1.82, 2.24) is 19.1 Å². The van der Waals surface area contributed by atoms with Gasteiger partial charge in [0.1, 0.15) is 0 Å². The molecule has 0 unspecified atom stereocenters. The van der Waals surface area contributed by atoms with Gasteiger partial charge >= 0.3 is 0 Å². The summed E-state index contributed by atoms with van der Waals surface area (Å²) >= 11 is 0. The fourth-order valence-corrected chi connectivity index (χ4v) is 4.61. The van der Waals surface area contributed by atoms with Crippen molar-refractivity contribution in [3.63, 3.8) is 0 Å². The van der Waals surface area contributed by atoms with Crippen LogP contribution in [0.1, 0.15) is 45.0 Å². The molecule has 0 amide bonds. The third-order valence-corrected chi connectivity index (χ3v) is 6.60. The molecule has 0 aliphatic carbocycles. The second-order valence-corrected chi connectivity index (χ2v) is 8.26. The quantitative estimate of drug-likeness (QED) is 0.327. The minimum atomic E-state index is 1.02. The summed E-state index contributed by atoms with van der Waals surface area (Å²) in [7, 11) is 4.24. The van der Waals surface area contributed by atoms with Gasteiger partial charge in [-0.2, -0.15) is 0 Å². The molecule has 3 aromatic heterocycles. The van der Waals surface area contributed by atoms with Crippen molar-refractivity contribution < 1.29 is 0 Å². The summed E-state index contributed by atoms with van der Waals surface area (Å²) in [6.45, 7) is 8.60. The number of aromatic nitrogens is 4. The first-order valence-electron chi connectivity index (χ1n) is 10.3. The highest BCUT2D eigenvalue weighted by Gasteiger charge is 2.13. The summed E-state index contributed by atoms with van der Waals surface area (Å²) in [6, 6.07) is 8.73. The number of nitrogens with zero attached hydrogens (tertiary/aromatic N) is 4. The van der Waals surface area contributed by atoms with Crippen LogP contribution in [0.25, 0.3) is 46.4 Å². The van der Waals surface area contributed by atoms with Crippen LogP contribution in [0, 0.1) is 27.7 Å². The van der Waals surface area contributed by atoms with Gasteiger partial charge in [0.2, 0.25) is 0 Å². The summed E-state index contributed by atoms with van der Waals surface area (Å²) in [6.07, 6.45) is 8.51. The van der Waals surface area contributed by atoms with Crippen LogP contribution in [0.5, 0.6) is 0 Å². The van der Waals surface area contributed by atoms with Crippen LogP contribution in [0.4, 0.5) is 0 Å². The lowest BCUT2D eigenvalue weighted by Crippen LogP contribution is -1.95. The maximum atomic E-state index is 4.97. The molecular weight excluding hydrogens is 368 g/mol. The van der Waals surface area contributed by atoms with Gasteiger partial charge in [0, 0.05) is 36.2 Å². The SMILES string of the molecule is Cc1c2nc(c(C)c3ccc(c(C)c4nc(c(C)c5ccc1n5C)C=C4)n3C)C=C2. The number of hydrogen-bond donors (Lipinski definition) is 0. The van der Waals surface area contributed by atoms with E-state index in [0.717, 1.165) is 22.8 Å². The van der Waals surface area contributed by atoms with Crippen molar-refractivity contribution in [2.45, 2.75) is 27.7 Å². The van der Waals surface area contributed by atoms with E-state index in [-0.39, 0.29) is 0 Å². The number of aryl methyl sites for hydroxylation is 6. The molecule has 2 aliphatic rings. The predicted molar refractivity (Wildman–Crippen MR) is 127 cm³/mol. The van der Waals surface area contributed by atoms with Crippen LogP contribution in [0.2, 0.25) is 0 Å². The molecular formula is C26H26N4. The van der Waals surface area contributed by atoms with E-state index >= 15 is 0 Å². The average Bonchev–Trinajstić information content (AvgIpc) is 3.51. The Hall–Kier alpha value is -3.40. The van der Waals surface area contributed by atoms with Crippen molar-refractivity contribution in [2.75, 3.05) is 0 Å². The molecule has 5 rings (SSSR count). The summed E-state index contributed by atoms with van der Waals surface area (Å²) in [4.78, 5) is 9.95. The van der Waals surface area contributed by atoms with Gasteiger partial charge in [0.25, 0.3) is 0 Å². The fraction of sp³-hybridized carbons (Fsp3) is 0.231. The van der Waals surface area contributed by atoms with Crippen molar-refractivity contribution in [3.05, 3.63) is 69.3 Å². The summed E-state index contributed by atoms with van der Waals surface area (Å²) in [5.41, 5.74) is 13.5. The van der Waals surface area contributed by atoms with Gasteiger partial charge < -0.3 is 9.13 Å². The third kappa shape index (κ3) is 2.60. The monoisotopic (exact) mass is 394 g/mol. The number of hydrogen-bond acceptors (Lipinski definition) is 2. The minimum absolute atomic E-state index is 1.02. The van der Waals surface area contributed by atoms with E-state index in [1.54, 1.807) is 0 Å². The molecule has 0 saturated heterocycles. The van der Waals surface area contributed by atoms with Crippen LogP contribution in [0.15, 0.2) is 24.3 Å². The first-order chi connectivity index (χ1) is 14.4. The molecule has 0 atom stereocenters. The van der Waals surface area contributed by atoms with E-state index in [2.05, 4.69) is 99.5 Å². The van der Waals surface area contributed by atoms with Crippen molar-refractivity contribution in [3.8, 4) is 0 Å². The minimum Gasteiger partial charge on any atom is -0.344 e. The Bertz CT molecular complexity index is 1230. The Balaban J connectivity index is 2.03. The molecule has 8 bridgehead atoms. The molecule has 0 N–H and O–H groups in total. The lowest BCUT2D eigenvalue weighted by molar-refractivity contribution is 0.991. The normalized spacial score (nSPS) is 12.7. The summed E-state index contributed by atoms with van der Waals surface area (Å²) < 4.78 is 4.49. The van der Waals surface area contributed by atoms with Gasteiger partial charge in [0.05, 0.1) is 22.8 Å². The van der Waals surface area contributed by atoms with Crippen LogP contribution in [0.3, 0.4) is 0 Å². The molecule has 5 heterocycles. The zero-order valence-electron chi connectivity index (χ0n) is 18.4. The Morgan fingerprint density at radius 3 is 0.933 bits per heavy atom. The first kappa shape index (κ1) is 18.6. The van der Waals surface area contributed by atoms with E-state index < -0.39 is 0 Å². The molecule has 0 radical (unpaired) electrons. The maximum absolute atomic E-state index is 4.97. The standard InChI is InChI=1S/C26H26N4/c1-15-19-7-8-20(27-19)16(2)25-13-14-26(30(25)6)18(4)22-10-9-21(28-22)17(3)24-12-11-23(15)29(24)5/h7-14H,1-6H3. The number of fused-ring (bicyclic) bond motifs is 8. The highest BCUT2D eigenvalue weighted by atomic mass is 14.9. The van der Waals surface area contributed by atoms with Crippen LogP contribution in [-0.2, 0) is 14.1 Å². The highest BCUT2D eigenvalue weighted by molar-refractivity contribution is 5.83. The van der Waals surface area contributed by atoms with Gasteiger partial charge in [-0.1, -0.05) is 0 Å². The van der Waals surface area contributed by atoms with Crippen molar-refractivity contribution >= 4 is 46.4 Å². The zero-order chi connectivity index (χ0) is 21.2. The molecule has 0 fully saturated rings. The van der Waals surface area contributed by atoms with Crippen LogP contribution in [-0.4, -0.2) is 19.1 Å². The molecule has 4 heteroatoms. The smallest absolute Gasteiger partial charge is 0.0687 e. The molecule has 0 aromatic carbocycles. The van der Waals surface area contributed by atoms with Crippen molar-refractivity contribution in [1.29, 1.82) is 0 Å². The topological polar surface area (TPSA) is 35.6 Å². The Morgan fingerprint density at radius 1 is 0.467 bits per heavy atom. The highest BCUT2D eigenvalue weighted by Crippen LogP contribution is 2.27. The van der Waals surface area contributed by atoms with Gasteiger partial charge in [-0.3, -0.25) is 0 Å². The molecule has 2 aliphatic heterocycles. The maximum Gasteiger partial charge on any atom is 0.0687 e. The van der Waals surface area contributed by atoms with E-state index in [9.17, 15) is 0 Å². The lowest BCUT2D eigenvalue weighted by Gasteiger charge is -2.04. The van der Waals surface area contributed by atoms with Gasteiger partial charge in [-0.15, -0.1) is 0 Å². The molecule has 0 spiro atoms. The van der Waals surface area contributed by atoms with Crippen LogP contribution >= 0.6 is 0 Å².